The number of H-pyrrole nitrogens is 1. The van der Waals surface area contributed by atoms with Gasteiger partial charge in [0.2, 0.25) is 0 Å². The van der Waals surface area contributed by atoms with Gasteiger partial charge in [-0.25, -0.2) is 15.0 Å². The first kappa shape index (κ1) is 11.3. The normalized spacial score (nSPS) is 10.6. The first-order chi connectivity index (χ1) is 7.72. The van der Waals surface area contributed by atoms with E-state index in [1.807, 2.05) is 0 Å². The molecule has 2 heterocycles. The Bertz CT molecular complexity index is 480. The summed E-state index contributed by atoms with van der Waals surface area (Å²) in [6, 6.07) is 0. The lowest BCUT2D eigenvalue weighted by molar-refractivity contribution is 0.866. The fourth-order valence-corrected chi connectivity index (χ4v) is 1.92. The fourth-order valence-electron chi connectivity index (χ4n) is 1.41. The Hall–Kier alpha value is -1.18. The number of hydrogen-bond donors (Lipinski definition) is 2. The number of nitrogens with one attached hydrogen (secondary N) is 1. The van der Waals surface area contributed by atoms with Crippen molar-refractivity contribution in [1.82, 2.24) is 19.9 Å². The van der Waals surface area contributed by atoms with Gasteiger partial charge in [-0.3, -0.25) is 0 Å². The lowest BCUT2D eigenvalue weighted by Gasteiger charge is -2.06. The molecule has 0 amide bonds. The number of halogens is 1. The molecular weight excluding hydrogens is 317 g/mol. The number of imidazole rings is 1. The van der Waals surface area contributed by atoms with Crippen LogP contribution in [0.25, 0.3) is 11.6 Å². The Morgan fingerprint density at radius 1 is 1.44 bits per heavy atom. The quantitative estimate of drug-likeness (QED) is 0.844. The maximum absolute atomic E-state index is 5.86. The predicted octanol–water partition coefficient (Wildman–Crippen LogP) is 2.01. The monoisotopic (exact) mass is 329 g/mol. The van der Waals surface area contributed by atoms with Gasteiger partial charge in [0.15, 0.2) is 11.6 Å². The van der Waals surface area contributed by atoms with E-state index in [4.69, 9.17) is 5.73 Å². The van der Waals surface area contributed by atoms with Crippen molar-refractivity contribution in [3.8, 4) is 11.6 Å². The molecule has 0 aliphatic heterocycles. The van der Waals surface area contributed by atoms with Gasteiger partial charge >= 0.3 is 0 Å². The van der Waals surface area contributed by atoms with Crippen LogP contribution in [-0.4, -0.2) is 19.9 Å². The van der Waals surface area contributed by atoms with Crippen LogP contribution in [0.15, 0.2) is 12.4 Å². The Balaban J connectivity index is 2.48. The Labute approximate surface area is 107 Å². The lowest BCUT2D eigenvalue weighted by atomic mass is 10.2. The highest BCUT2D eigenvalue weighted by Gasteiger charge is 2.11. The number of nitrogen functional groups attached to an aromatic ring is 1. The maximum Gasteiger partial charge on any atom is 0.197 e. The summed E-state index contributed by atoms with van der Waals surface area (Å²) in [5.74, 6) is 1.73. The summed E-state index contributed by atoms with van der Waals surface area (Å²) < 4.78 is 0.940. The highest BCUT2D eigenvalue weighted by Crippen LogP contribution is 2.20. The molecule has 6 heteroatoms. The van der Waals surface area contributed by atoms with Gasteiger partial charge < -0.3 is 10.7 Å². The number of aromatic nitrogens is 4. The zero-order valence-electron chi connectivity index (χ0n) is 8.87. The van der Waals surface area contributed by atoms with E-state index in [1.54, 1.807) is 12.4 Å². The van der Waals surface area contributed by atoms with Crippen molar-refractivity contribution in [3.05, 3.63) is 21.7 Å². The van der Waals surface area contributed by atoms with E-state index in [2.05, 4.69) is 49.5 Å². The number of aryl methyl sites for hydroxylation is 1. The van der Waals surface area contributed by atoms with Crippen molar-refractivity contribution in [3.63, 3.8) is 0 Å². The topological polar surface area (TPSA) is 80.5 Å². The van der Waals surface area contributed by atoms with Crippen molar-refractivity contribution in [2.75, 3.05) is 5.73 Å². The number of nitrogens with zero attached hydrogens (tertiary/aromatic N) is 3. The van der Waals surface area contributed by atoms with Crippen molar-refractivity contribution < 1.29 is 0 Å². The molecule has 0 aliphatic rings. The molecule has 0 atom stereocenters. The van der Waals surface area contributed by atoms with Gasteiger partial charge in [0.1, 0.15) is 5.82 Å². The highest BCUT2D eigenvalue weighted by molar-refractivity contribution is 14.1. The first-order valence-electron chi connectivity index (χ1n) is 5.04. The van der Waals surface area contributed by atoms with Gasteiger partial charge in [0, 0.05) is 12.4 Å². The molecule has 2 aromatic rings. The van der Waals surface area contributed by atoms with Gasteiger partial charge in [-0.1, -0.05) is 13.3 Å². The second-order valence-corrected chi connectivity index (χ2v) is 4.46. The smallest absolute Gasteiger partial charge is 0.197 e. The summed E-state index contributed by atoms with van der Waals surface area (Å²) in [6.45, 7) is 2.11. The molecule has 0 radical (unpaired) electrons. The SMILES string of the molecule is CCCc1nc(-c2ncc[nH]2)nc(N)c1I. The minimum Gasteiger partial charge on any atom is -0.383 e. The van der Waals surface area contributed by atoms with E-state index < -0.39 is 0 Å². The third kappa shape index (κ3) is 2.16. The summed E-state index contributed by atoms with van der Waals surface area (Å²) >= 11 is 2.18. The lowest BCUT2D eigenvalue weighted by Crippen LogP contribution is -2.05. The van der Waals surface area contributed by atoms with Crippen molar-refractivity contribution in [2.24, 2.45) is 0 Å². The van der Waals surface area contributed by atoms with Crippen molar-refractivity contribution in [1.29, 1.82) is 0 Å². The van der Waals surface area contributed by atoms with Crippen LogP contribution in [0.5, 0.6) is 0 Å². The molecule has 3 N–H and O–H groups in total. The molecule has 0 unspecified atom stereocenters. The Kier molecular flexibility index (Phi) is 3.37. The number of anilines is 1. The van der Waals surface area contributed by atoms with E-state index >= 15 is 0 Å². The molecule has 0 aliphatic carbocycles. The van der Waals surface area contributed by atoms with Crippen molar-refractivity contribution in [2.45, 2.75) is 19.8 Å². The van der Waals surface area contributed by atoms with Gasteiger partial charge in [0.05, 0.1) is 9.26 Å². The fraction of sp³-hybridized carbons (Fsp3) is 0.300. The number of aromatic amines is 1. The van der Waals surface area contributed by atoms with Crippen LogP contribution in [-0.2, 0) is 6.42 Å². The van der Waals surface area contributed by atoms with E-state index in [9.17, 15) is 0 Å². The number of rotatable bonds is 3. The average molecular weight is 329 g/mol. The second kappa shape index (κ2) is 4.77. The zero-order valence-corrected chi connectivity index (χ0v) is 11.0. The van der Waals surface area contributed by atoms with Crippen LogP contribution >= 0.6 is 22.6 Å². The first-order valence-corrected chi connectivity index (χ1v) is 6.12. The zero-order chi connectivity index (χ0) is 11.5. The van der Waals surface area contributed by atoms with Crippen LogP contribution in [0.1, 0.15) is 19.0 Å². The van der Waals surface area contributed by atoms with Gasteiger partial charge in [-0.15, -0.1) is 0 Å². The summed E-state index contributed by atoms with van der Waals surface area (Å²) in [6.07, 6.45) is 5.35. The minimum absolute atomic E-state index is 0.519. The molecular formula is C10H12IN5. The van der Waals surface area contributed by atoms with E-state index in [0.29, 0.717) is 17.5 Å². The molecule has 2 aromatic heterocycles. The maximum atomic E-state index is 5.86. The summed E-state index contributed by atoms with van der Waals surface area (Å²) in [5.41, 5.74) is 6.85. The molecule has 0 spiro atoms. The van der Waals surface area contributed by atoms with Crippen LogP contribution < -0.4 is 5.73 Å². The second-order valence-electron chi connectivity index (χ2n) is 3.38. The molecule has 0 saturated carbocycles. The van der Waals surface area contributed by atoms with Gasteiger partial charge in [0.25, 0.3) is 0 Å². The standard InChI is InChI=1S/C10H12IN5/c1-2-3-6-7(11)8(12)16-10(15-6)9-13-4-5-14-9/h4-5H,2-3H2,1H3,(H,13,14)(H2,12,15,16). The third-order valence-corrected chi connectivity index (χ3v) is 3.32. The molecule has 0 fully saturated rings. The molecule has 84 valence electrons. The summed E-state index contributed by atoms with van der Waals surface area (Å²) in [5, 5.41) is 0. The van der Waals surface area contributed by atoms with Gasteiger partial charge in [-0.05, 0) is 29.0 Å². The molecule has 0 bridgehead atoms. The van der Waals surface area contributed by atoms with E-state index in [1.165, 1.54) is 0 Å². The largest absolute Gasteiger partial charge is 0.383 e. The summed E-state index contributed by atoms with van der Waals surface area (Å²) in [4.78, 5) is 15.8. The number of hydrogen-bond acceptors (Lipinski definition) is 4. The van der Waals surface area contributed by atoms with Gasteiger partial charge in [-0.2, -0.15) is 0 Å². The van der Waals surface area contributed by atoms with Crippen LogP contribution in [0.4, 0.5) is 5.82 Å². The van der Waals surface area contributed by atoms with Crippen molar-refractivity contribution >= 4 is 28.4 Å². The van der Waals surface area contributed by atoms with Crippen LogP contribution in [0, 0.1) is 3.57 Å². The number of nitrogens with two attached hydrogens (primary N) is 1. The van der Waals surface area contributed by atoms with E-state index in [0.717, 1.165) is 22.1 Å². The third-order valence-electron chi connectivity index (χ3n) is 2.14. The Morgan fingerprint density at radius 3 is 2.88 bits per heavy atom. The minimum atomic E-state index is 0.519. The van der Waals surface area contributed by atoms with Crippen LogP contribution in [0.3, 0.4) is 0 Å². The molecule has 0 saturated heterocycles. The molecule has 0 aromatic carbocycles. The Morgan fingerprint density at radius 2 is 2.25 bits per heavy atom. The highest BCUT2D eigenvalue weighted by atomic mass is 127. The molecule has 2 rings (SSSR count). The predicted molar refractivity (Wildman–Crippen MR) is 70.7 cm³/mol. The van der Waals surface area contributed by atoms with Crippen LogP contribution in [0.2, 0.25) is 0 Å². The molecule has 16 heavy (non-hydrogen) atoms. The average Bonchev–Trinajstić information content (AvgIpc) is 2.78. The molecule has 5 nitrogen and oxygen atoms in total. The van der Waals surface area contributed by atoms with E-state index in [-0.39, 0.29) is 0 Å². The summed E-state index contributed by atoms with van der Waals surface area (Å²) in [7, 11) is 0.